The van der Waals surface area contributed by atoms with Gasteiger partial charge in [0.1, 0.15) is 6.61 Å². The quantitative estimate of drug-likeness (QED) is 0.780. The fourth-order valence-electron chi connectivity index (χ4n) is 1.56. The lowest BCUT2D eigenvalue weighted by Crippen LogP contribution is -2.28. The van der Waals surface area contributed by atoms with Gasteiger partial charge >= 0.3 is 6.18 Å². The van der Waals surface area contributed by atoms with Crippen LogP contribution in [0.3, 0.4) is 0 Å². The largest absolute Gasteiger partial charge is 0.411 e. The van der Waals surface area contributed by atoms with Gasteiger partial charge in [-0.15, -0.1) is 0 Å². The monoisotopic (exact) mass is 323 g/mol. The molecule has 0 aromatic heterocycles. The zero-order valence-electron chi connectivity index (χ0n) is 11.4. The predicted octanol–water partition coefficient (Wildman–Crippen LogP) is 1.87. The lowest BCUT2D eigenvalue weighted by Gasteiger charge is -2.09. The van der Waals surface area contributed by atoms with E-state index in [2.05, 4.69) is 10.1 Å². The van der Waals surface area contributed by atoms with Crippen molar-refractivity contribution in [2.75, 3.05) is 26.0 Å². The average molecular weight is 323 g/mol. The van der Waals surface area contributed by atoms with Crippen LogP contribution in [0.4, 0.5) is 13.2 Å². The lowest BCUT2D eigenvalue weighted by atomic mass is 10.1. The van der Waals surface area contributed by atoms with Gasteiger partial charge in [0.25, 0.3) is 5.91 Å². The molecule has 0 bridgehead atoms. The van der Waals surface area contributed by atoms with Crippen molar-refractivity contribution in [3.05, 3.63) is 35.4 Å². The van der Waals surface area contributed by atoms with Crippen LogP contribution in [0.25, 0.3) is 0 Å². The van der Waals surface area contributed by atoms with E-state index < -0.39 is 29.5 Å². The number of hydrogen-bond acceptors (Lipinski definition) is 3. The number of carbonyl (C=O) groups excluding carboxylic acids is 1. The Hall–Kier alpha value is -1.41. The molecule has 1 atom stereocenters. The molecular formula is C13H16F3NO3S. The number of hydrogen-bond donors (Lipinski definition) is 1. The molecule has 21 heavy (non-hydrogen) atoms. The number of rotatable bonds is 7. The van der Waals surface area contributed by atoms with Crippen LogP contribution in [0.5, 0.6) is 0 Å². The maximum absolute atomic E-state index is 11.8. The summed E-state index contributed by atoms with van der Waals surface area (Å²) in [7, 11) is -1.01. The summed E-state index contributed by atoms with van der Waals surface area (Å²) in [5.41, 5.74) is 1.13. The van der Waals surface area contributed by atoms with E-state index in [1.54, 1.807) is 30.5 Å². The van der Waals surface area contributed by atoms with Crippen LogP contribution < -0.4 is 5.32 Å². The Labute approximate surface area is 123 Å². The molecule has 0 aliphatic rings. The molecule has 1 unspecified atom stereocenters. The molecule has 1 aromatic carbocycles. The minimum absolute atomic E-state index is 0.0150. The standard InChI is InChI=1S/C13H16F3NO3S/c1-21(19)8-10-3-2-4-11(7-10)12(18)17-5-6-20-9-13(14,15)16/h2-4,7H,5-6,8-9H2,1H3,(H,17,18). The fraction of sp³-hybridized carbons (Fsp3) is 0.462. The Morgan fingerprint density at radius 1 is 1.38 bits per heavy atom. The Morgan fingerprint density at radius 3 is 2.71 bits per heavy atom. The maximum Gasteiger partial charge on any atom is 0.411 e. The molecule has 1 amide bonds. The van der Waals surface area contributed by atoms with Gasteiger partial charge in [0.15, 0.2) is 0 Å². The molecule has 0 aliphatic heterocycles. The first-order chi connectivity index (χ1) is 9.78. The van der Waals surface area contributed by atoms with Crippen LogP contribution >= 0.6 is 0 Å². The van der Waals surface area contributed by atoms with Crippen molar-refractivity contribution < 1.29 is 26.9 Å². The van der Waals surface area contributed by atoms with Gasteiger partial charge in [-0.3, -0.25) is 9.00 Å². The number of halogens is 3. The molecule has 4 nitrogen and oxygen atoms in total. The summed E-state index contributed by atoms with van der Waals surface area (Å²) >= 11 is 0. The van der Waals surface area contributed by atoms with Crippen LogP contribution in [0.15, 0.2) is 24.3 Å². The van der Waals surface area contributed by atoms with Crippen molar-refractivity contribution in [1.29, 1.82) is 0 Å². The molecule has 118 valence electrons. The van der Waals surface area contributed by atoms with Crippen molar-refractivity contribution in [3.8, 4) is 0 Å². The van der Waals surface area contributed by atoms with Crippen molar-refractivity contribution in [2.45, 2.75) is 11.9 Å². The summed E-state index contributed by atoms with van der Waals surface area (Å²) in [6, 6.07) is 6.60. The number of benzene rings is 1. The van der Waals surface area contributed by atoms with Crippen molar-refractivity contribution in [3.63, 3.8) is 0 Å². The minimum atomic E-state index is -4.37. The van der Waals surface area contributed by atoms with Gasteiger partial charge in [-0.2, -0.15) is 13.2 Å². The third-order valence-electron chi connectivity index (χ3n) is 2.36. The highest BCUT2D eigenvalue weighted by Crippen LogP contribution is 2.14. The minimum Gasteiger partial charge on any atom is -0.370 e. The highest BCUT2D eigenvalue weighted by Gasteiger charge is 2.27. The van der Waals surface area contributed by atoms with Crippen LogP contribution in [0.1, 0.15) is 15.9 Å². The van der Waals surface area contributed by atoms with Gasteiger partial charge in [-0.1, -0.05) is 12.1 Å². The first kappa shape index (κ1) is 17.6. The lowest BCUT2D eigenvalue weighted by molar-refractivity contribution is -0.173. The van der Waals surface area contributed by atoms with Crippen LogP contribution in [-0.4, -0.2) is 42.3 Å². The van der Waals surface area contributed by atoms with Gasteiger partial charge in [-0.25, -0.2) is 0 Å². The van der Waals surface area contributed by atoms with E-state index in [9.17, 15) is 22.2 Å². The Kier molecular flexibility index (Phi) is 6.83. The van der Waals surface area contributed by atoms with E-state index in [1.165, 1.54) is 0 Å². The molecule has 1 N–H and O–H groups in total. The number of alkyl halides is 3. The first-order valence-corrected chi connectivity index (χ1v) is 7.82. The number of nitrogens with one attached hydrogen (secondary N) is 1. The Morgan fingerprint density at radius 2 is 2.10 bits per heavy atom. The second-order valence-electron chi connectivity index (χ2n) is 4.34. The molecule has 0 spiro atoms. The van der Waals surface area contributed by atoms with Crippen molar-refractivity contribution >= 4 is 16.7 Å². The van der Waals surface area contributed by atoms with E-state index in [0.717, 1.165) is 5.56 Å². The zero-order chi connectivity index (χ0) is 15.9. The molecule has 8 heteroatoms. The third kappa shape index (κ3) is 7.81. The summed E-state index contributed by atoms with van der Waals surface area (Å²) in [6.45, 7) is -1.57. The Balaban J connectivity index is 2.40. The summed E-state index contributed by atoms with van der Waals surface area (Å²) in [4.78, 5) is 11.8. The smallest absolute Gasteiger partial charge is 0.370 e. The summed E-state index contributed by atoms with van der Waals surface area (Å²) in [6.07, 6.45) is -2.81. The van der Waals surface area contributed by atoms with Crippen molar-refractivity contribution in [2.24, 2.45) is 0 Å². The molecule has 0 fully saturated rings. The molecule has 1 rings (SSSR count). The highest BCUT2D eigenvalue weighted by molar-refractivity contribution is 7.83. The predicted molar refractivity (Wildman–Crippen MR) is 73.4 cm³/mol. The fourth-order valence-corrected chi connectivity index (χ4v) is 2.21. The molecule has 0 saturated carbocycles. The van der Waals surface area contributed by atoms with Crippen LogP contribution in [0.2, 0.25) is 0 Å². The number of carbonyl (C=O) groups is 1. The van der Waals surface area contributed by atoms with Gasteiger partial charge in [0, 0.05) is 34.9 Å². The van der Waals surface area contributed by atoms with Crippen LogP contribution in [-0.2, 0) is 21.3 Å². The van der Waals surface area contributed by atoms with Crippen molar-refractivity contribution in [1.82, 2.24) is 5.32 Å². The van der Waals surface area contributed by atoms with Gasteiger partial charge in [-0.05, 0) is 17.7 Å². The topological polar surface area (TPSA) is 55.4 Å². The average Bonchev–Trinajstić information content (AvgIpc) is 2.36. The summed E-state index contributed by atoms with van der Waals surface area (Å²) < 4.78 is 51.0. The second-order valence-corrected chi connectivity index (χ2v) is 5.78. The maximum atomic E-state index is 11.8. The highest BCUT2D eigenvalue weighted by atomic mass is 32.2. The van der Waals surface area contributed by atoms with E-state index in [-0.39, 0.29) is 13.2 Å². The molecule has 0 heterocycles. The first-order valence-electron chi connectivity index (χ1n) is 6.09. The molecule has 0 radical (unpaired) electrons. The molecule has 0 saturated heterocycles. The van der Waals surface area contributed by atoms with E-state index in [1.807, 2.05) is 0 Å². The Bertz CT molecular complexity index is 506. The van der Waals surface area contributed by atoms with Crippen LogP contribution in [0, 0.1) is 0 Å². The van der Waals surface area contributed by atoms with Gasteiger partial charge in [0.05, 0.1) is 6.61 Å². The number of ether oxygens (including phenoxy) is 1. The normalized spacial score (nSPS) is 13.0. The van der Waals surface area contributed by atoms with E-state index in [4.69, 9.17) is 0 Å². The second kappa shape index (κ2) is 8.14. The van der Waals surface area contributed by atoms with Gasteiger partial charge in [0.2, 0.25) is 0 Å². The summed E-state index contributed by atoms with van der Waals surface area (Å²) in [5, 5.41) is 2.46. The van der Waals surface area contributed by atoms with Gasteiger partial charge < -0.3 is 10.1 Å². The molecule has 0 aliphatic carbocycles. The third-order valence-corrected chi connectivity index (χ3v) is 3.10. The zero-order valence-corrected chi connectivity index (χ0v) is 12.2. The summed E-state index contributed by atoms with van der Waals surface area (Å²) in [5.74, 6) is -0.0649. The SMILES string of the molecule is CS(=O)Cc1cccc(C(=O)NCCOCC(F)(F)F)c1. The van der Waals surface area contributed by atoms with E-state index >= 15 is 0 Å². The molecular weight excluding hydrogens is 307 g/mol. The molecule has 1 aromatic rings. The van der Waals surface area contributed by atoms with E-state index in [0.29, 0.717) is 11.3 Å². The number of amides is 1.